The number of fused-ring (bicyclic) bond motifs is 1. The number of pyridine rings is 2. The second kappa shape index (κ2) is 5.91. The lowest BCUT2D eigenvalue weighted by Gasteiger charge is -2.19. The number of aromatic nitrogens is 3. The monoisotopic (exact) mass is 366 g/mol. The zero-order valence-corrected chi connectivity index (χ0v) is 15.8. The van der Waals surface area contributed by atoms with E-state index in [-0.39, 0.29) is 5.56 Å². The summed E-state index contributed by atoms with van der Waals surface area (Å²) in [5, 5.41) is 1.69. The third-order valence-electron chi connectivity index (χ3n) is 5.23. The van der Waals surface area contributed by atoms with Gasteiger partial charge in [-0.3, -0.25) is 4.79 Å². The normalized spacial score (nSPS) is 17.0. The van der Waals surface area contributed by atoms with E-state index in [1.54, 1.807) is 4.57 Å². The smallest absolute Gasteiger partial charge is 0.274 e. The van der Waals surface area contributed by atoms with Gasteiger partial charge in [0.2, 0.25) is 0 Å². The van der Waals surface area contributed by atoms with Gasteiger partial charge in [-0.1, -0.05) is 6.07 Å². The van der Waals surface area contributed by atoms with Gasteiger partial charge in [-0.2, -0.15) is 0 Å². The van der Waals surface area contributed by atoms with Crippen LogP contribution in [0.3, 0.4) is 0 Å². The van der Waals surface area contributed by atoms with Crippen molar-refractivity contribution in [2.45, 2.75) is 36.9 Å². The van der Waals surface area contributed by atoms with Gasteiger partial charge in [0.15, 0.2) is 0 Å². The van der Waals surface area contributed by atoms with Crippen molar-refractivity contribution >= 4 is 28.7 Å². The number of aromatic amines is 1. The van der Waals surface area contributed by atoms with Crippen LogP contribution in [-0.2, 0) is 7.05 Å². The van der Waals surface area contributed by atoms with Gasteiger partial charge < -0.3 is 13.9 Å². The molecule has 0 amide bonds. The fraction of sp³-hybridized carbons (Fsp3) is 0.400. The van der Waals surface area contributed by atoms with Gasteiger partial charge >= 0.3 is 0 Å². The predicted molar refractivity (Wildman–Crippen MR) is 108 cm³/mol. The number of anilines is 1. The van der Waals surface area contributed by atoms with Crippen LogP contribution in [0.15, 0.2) is 35.4 Å². The average Bonchev–Trinajstić information content (AvgIpc) is 3.57. The summed E-state index contributed by atoms with van der Waals surface area (Å²) in [6.07, 6.45) is 8.82. The van der Waals surface area contributed by atoms with E-state index in [1.165, 1.54) is 31.2 Å². The number of aryl methyl sites for hydroxylation is 1. The zero-order valence-electron chi connectivity index (χ0n) is 15.0. The molecule has 5 rings (SSSR count). The molecular weight excluding hydrogens is 344 g/mol. The summed E-state index contributed by atoms with van der Waals surface area (Å²) < 4.78 is 3.84. The van der Waals surface area contributed by atoms with Crippen LogP contribution in [-0.4, -0.2) is 26.8 Å². The molecule has 0 unspecified atom stereocenters. The van der Waals surface area contributed by atoms with Crippen LogP contribution in [0.1, 0.15) is 37.2 Å². The van der Waals surface area contributed by atoms with Crippen LogP contribution in [0.4, 0.5) is 5.82 Å². The molecule has 0 saturated heterocycles. The summed E-state index contributed by atoms with van der Waals surface area (Å²) in [6, 6.07) is 6.37. The highest BCUT2D eigenvalue weighted by molar-refractivity contribution is 8.01. The molecule has 26 heavy (non-hydrogen) atoms. The van der Waals surface area contributed by atoms with E-state index < -0.39 is 0 Å². The summed E-state index contributed by atoms with van der Waals surface area (Å²) in [5.74, 6) is 1.58. The van der Waals surface area contributed by atoms with Crippen molar-refractivity contribution in [2.75, 3.05) is 11.4 Å². The summed E-state index contributed by atoms with van der Waals surface area (Å²) in [4.78, 5) is 20.6. The van der Waals surface area contributed by atoms with Crippen molar-refractivity contribution in [3.63, 3.8) is 0 Å². The summed E-state index contributed by atoms with van der Waals surface area (Å²) in [7, 11) is 3.90. The van der Waals surface area contributed by atoms with Gasteiger partial charge in [-0.05, 0) is 61.2 Å². The molecule has 2 fully saturated rings. The molecule has 0 radical (unpaired) electrons. The Morgan fingerprint density at radius 2 is 2.04 bits per heavy atom. The van der Waals surface area contributed by atoms with Crippen LogP contribution >= 0.6 is 11.9 Å². The maximum atomic E-state index is 12.4. The van der Waals surface area contributed by atoms with Crippen molar-refractivity contribution in [1.29, 1.82) is 0 Å². The summed E-state index contributed by atoms with van der Waals surface area (Å²) in [5.41, 5.74) is 4.02. The minimum absolute atomic E-state index is 0.000663. The lowest BCUT2D eigenvalue weighted by atomic mass is 10.0. The molecule has 5 nitrogen and oxygen atoms in total. The van der Waals surface area contributed by atoms with E-state index in [0.29, 0.717) is 11.4 Å². The Kier molecular flexibility index (Phi) is 3.64. The quantitative estimate of drug-likeness (QED) is 0.692. The fourth-order valence-electron chi connectivity index (χ4n) is 3.48. The molecule has 2 saturated carbocycles. The van der Waals surface area contributed by atoms with E-state index in [9.17, 15) is 4.79 Å². The zero-order chi connectivity index (χ0) is 17.8. The van der Waals surface area contributed by atoms with Gasteiger partial charge in [-0.25, -0.2) is 4.98 Å². The second-order valence-corrected chi connectivity index (χ2v) is 8.83. The van der Waals surface area contributed by atoms with E-state index >= 15 is 0 Å². The molecule has 3 heterocycles. The lowest BCUT2D eigenvalue weighted by Crippen LogP contribution is -2.17. The summed E-state index contributed by atoms with van der Waals surface area (Å²) in [6.45, 7) is 0. The third-order valence-corrected chi connectivity index (χ3v) is 6.51. The molecule has 2 aliphatic carbocycles. The Morgan fingerprint density at radius 3 is 2.77 bits per heavy atom. The molecular formula is C20H22N4OS. The number of nitrogens with zero attached hydrogens (tertiary/aromatic N) is 3. The Morgan fingerprint density at radius 1 is 1.23 bits per heavy atom. The van der Waals surface area contributed by atoms with Crippen LogP contribution in [0.2, 0.25) is 0 Å². The van der Waals surface area contributed by atoms with Crippen molar-refractivity contribution in [3.8, 4) is 11.3 Å². The van der Waals surface area contributed by atoms with Crippen LogP contribution < -0.4 is 9.86 Å². The van der Waals surface area contributed by atoms with Crippen LogP contribution in [0, 0.1) is 0 Å². The number of H-pyrrole nitrogens is 1. The number of rotatable bonds is 5. The van der Waals surface area contributed by atoms with Gasteiger partial charge in [0.1, 0.15) is 11.3 Å². The number of hydrogen-bond acceptors (Lipinski definition) is 4. The van der Waals surface area contributed by atoms with Gasteiger partial charge in [0.05, 0.1) is 5.69 Å². The highest BCUT2D eigenvalue weighted by atomic mass is 32.2. The molecule has 1 N–H and O–H groups in total. The van der Waals surface area contributed by atoms with E-state index in [1.807, 2.05) is 37.5 Å². The van der Waals surface area contributed by atoms with E-state index in [4.69, 9.17) is 4.98 Å². The van der Waals surface area contributed by atoms with Gasteiger partial charge in [-0.15, -0.1) is 0 Å². The lowest BCUT2D eigenvalue weighted by molar-refractivity contribution is 0.870. The van der Waals surface area contributed by atoms with E-state index in [2.05, 4.69) is 28.5 Å². The first-order chi connectivity index (χ1) is 12.6. The first-order valence-electron chi connectivity index (χ1n) is 9.20. The molecule has 6 heteroatoms. The molecule has 2 aliphatic rings. The standard InChI is InChI=1S/C20H22N4OS/c1-23-11-16(15-9-10-21-19(15)20(23)25)18-14(12-3-4-12)7-8-17(22-18)24(2)26-13-5-6-13/h7-13,21H,3-6H2,1-2H3. The molecule has 0 bridgehead atoms. The third kappa shape index (κ3) is 2.72. The fourth-order valence-corrected chi connectivity index (χ4v) is 4.49. The van der Waals surface area contributed by atoms with Gasteiger partial charge in [0.25, 0.3) is 5.56 Å². The highest BCUT2D eigenvalue weighted by Gasteiger charge is 2.29. The minimum Gasteiger partial charge on any atom is -0.357 e. The topological polar surface area (TPSA) is 53.9 Å². The highest BCUT2D eigenvalue weighted by Crippen LogP contribution is 2.46. The summed E-state index contributed by atoms with van der Waals surface area (Å²) >= 11 is 1.87. The Labute approximate surface area is 156 Å². The Bertz CT molecular complexity index is 1050. The maximum absolute atomic E-state index is 12.4. The Hall–Kier alpha value is -2.21. The number of nitrogens with one attached hydrogen (secondary N) is 1. The predicted octanol–water partition coefficient (Wildman–Crippen LogP) is 4.05. The molecule has 0 aromatic carbocycles. The first kappa shape index (κ1) is 16.0. The molecule has 0 spiro atoms. The molecule has 134 valence electrons. The molecule has 0 atom stereocenters. The minimum atomic E-state index is -0.000663. The van der Waals surface area contributed by atoms with Gasteiger partial charge in [0, 0.05) is 42.7 Å². The van der Waals surface area contributed by atoms with Crippen molar-refractivity contribution in [2.24, 2.45) is 7.05 Å². The maximum Gasteiger partial charge on any atom is 0.274 e. The van der Waals surface area contributed by atoms with Crippen LogP contribution in [0.25, 0.3) is 22.2 Å². The molecule has 3 aromatic rings. The van der Waals surface area contributed by atoms with Crippen molar-refractivity contribution in [3.05, 3.63) is 46.5 Å². The molecule has 3 aromatic heterocycles. The largest absolute Gasteiger partial charge is 0.357 e. The van der Waals surface area contributed by atoms with E-state index in [0.717, 1.165) is 27.7 Å². The Balaban J connectivity index is 1.68. The van der Waals surface area contributed by atoms with Crippen LogP contribution in [0.5, 0.6) is 0 Å². The SMILES string of the molecule is CN(SC1CC1)c1ccc(C2CC2)c(-c2cn(C)c(=O)c3[nH]ccc23)n1. The molecule has 0 aliphatic heterocycles. The van der Waals surface area contributed by atoms with Crippen molar-refractivity contribution in [1.82, 2.24) is 14.5 Å². The first-order valence-corrected chi connectivity index (χ1v) is 10.0. The second-order valence-electron chi connectivity index (χ2n) is 7.41. The number of hydrogen-bond donors (Lipinski definition) is 1. The van der Waals surface area contributed by atoms with Crippen molar-refractivity contribution < 1.29 is 0 Å². The average molecular weight is 366 g/mol.